The number of primary amides is 1. The van der Waals surface area contributed by atoms with Gasteiger partial charge in [-0.1, -0.05) is 6.07 Å². The molecule has 0 aliphatic rings. The van der Waals surface area contributed by atoms with Crippen LogP contribution in [0.5, 0.6) is 11.5 Å². The number of nitrogens with zero attached hydrogens (tertiary/aromatic N) is 7. The molecule has 0 radical (unpaired) electrons. The summed E-state index contributed by atoms with van der Waals surface area (Å²) in [5.74, 6) is -4.34. The first-order valence-corrected chi connectivity index (χ1v) is 15.3. The Labute approximate surface area is 292 Å². The van der Waals surface area contributed by atoms with Crippen LogP contribution < -0.4 is 39.1 Å². The maximum Gasteiger partial charge on any atom is 0.349 e. The highest BCUT2D eigenvalue weighted by molar-refractivity contribution is 5.92. The molecule has 0 saturated carbocycles. The minimum atomic E-state index is -0.845. The van der Waals surface area contributed by atoms with Gasteiger partial charge in [0.05, 0.1) is 19.4 Å². The molecule has 0 bridgehead atoms. The number of nitrogens with one attached hydrogen (secondary N) is 3. The number of anilines is 2. The molecule has 4 rings (SSSR count). The molecule has 22 heteroatoms. The SMILES string of the molecule is NC(=O)CN(CCNC(=O)CN(CCNC(=O)/C=C/c1ccc(O)c(O)c1)C(=O)Cn1cnc2c(=O)[nH]c(N)nc21)C(=O)Cn1ccc(N)nc1=O. The van der Waals surface area contributed by atoms with E-state index in [9.17, 15) is 43.8 Å². The number of imidazole rings is 1. The summed E-state index contributed by atoms with van der Waals surface area (Å²) in [5.41, 5.74) is 15.4. The second-order valence-corrected chi connectivity index (χ2v) is 11.1. The number of H-pyrrole nitrogens is 1. The van der Waals surface area contributed by atoms with E-state index < -0.39 is 67.0 Å². The predicted molar refractivity (Wildman–Crippen MR) is 183 cm³/mol. The van der Waals surface area contributed by atoms with Gasteiger partial charge in [-0.2, -0.15) is 9.97 Å². The Morgan fingerprint density at radius 1 is 0.885 bits per heavy atom. The molecule has 0 aliphatic carbocycles. The molecule has 3 aromatic heterocycles. The Morgan fingerprint density at radius 2 is 1.56 bits per heavy atom. The van der Waals surface area contributed by atoms with Crippen LogP contribution in [0.3, 0.4) is 0 Å². The van der Waals surface area contributed by atoms with Gasteiger partial charge in [-0.15, -0.1) is 0 Å². The van der Waals surface area contributed by atoms with Crippen molar-refractivity contribution in [1.29, 1.82) is 0 Å². The predicted octanol–water partition coefficient (Wildman–Crippen LogP) is -3.96. The van der Waals surface area contributed by atoms with Gasteiger partial charge in [0.2, 0.25) is 35.5 Å². The zero-order valence-electron chi connectivity index (χ0n) is 27.4. The number of nitrogen functional groups attached to an aromatic ring is 2. The molecule has 0 unspecified atom stereocenters. The molecule has 11 N–H and O–H groups in total. The van der Waals surface area contributed by atoms with Crippen molar-refractivity contribution in [2.75, 3.05) is 50.7 Å². The number of hydrogen-bond acceptors (Lipinski definition) is 14. The monoisotopic (exact) mass is 721 g/mol. The van der Waals surface area contributed by atoms with Gasteiger partial charge < -0.3 is 52.4 Å². The third-order valence-electron chi connectivity index (χ3n) is 7.20. The molecule has 0 aliphatic heterocycles. The zero-order chi connectivity index (χ0) is 37.9. The van der Waals surface area contributed by atoms with Gasteiger partial charge >= 0.3 is 5.69 Å². The first-order chi connectivity index (χ1) is 24.7. The Hall–Kier alpha value is -7.26. The lowest BCUT2D eigenvalue weighted by atomic mass is 10.2. The van der Waals surface area contributed by atoms with E-state index in [1.54, 1.807) is 0 Å². The van der Waals surface area contributed by atoms with E-state index in [1.165, 1.54) is 47.4 Å². The summed E-state index contributed by atoms with van der Waals surface area (Å²) in [7, 11) is 0. The molecule has 4 aromatic rings. The minimum absolute atomic E-state index is 0.0222. The second kappa shape index (κ2) is 16.9. The fourth-order valence-electron chi connectivity index (χ4n) is 4.66. The van der Waals surface area contributed by atoms with Crippen molar-refractivity contribution in [1.82, 2.24) is 49.5 Å². The van der Waals surface area contributed by atoms with E-state index in [0.29, 0.717) is 5.56 Å². The molecular weight excluding hydrogens is 686 g/mol. The number of aromatic nitrogens is 6. The molecule has 3 heterocycles. The summed E-state index contributed by atoms with van der Waals surface area (Å²) in [5, 5.41) is 24.2. The molecule has 52 heavy (non-hydrogen) atoms. The first-order valence-electron chi connectivity index (χ1n) is 15.3. The third kappa shape index (κ3) is 10.4. The van der Waals surface area contributed by atoms with Crippen molar-refractivity contribution in [3.05, 3.63) is 69.3 Å². The number of carbonyl (C=O) groups excluding carboxylic acids is 5. The molecule has 5 amide bonds. The molecule has 0 fully saturated rings. The van der Waals surface area contributed by atoms with Crippen molar-refractivity contribution < 1.29 is 34.2 Å². The average molecular weight is 722 g/mol. The van der Waals surface area contributed by atoms with Crippen molar-refractivity contribution in [3.63, 3.8) is 0 Å². The lowest BCUT2D eigenvalue weighted by Gasteiger charge is -2.24. The van der Waals surface area contributed by atoms with Crippen LogP contribution in [0, 0.1) is 0 Å². The van der Waals surface area contributed by atoms with Crippen LogP contribution in [0.4, 0.5) is 11.8 Å². The average Bonchev–Trinajstić information content (AvgIpc) is 3.47. The van der Waals surface area contributed by atoms with Crippen LogP contribution in [-0.4, -0.2) is 118 Å². The van der Waals surface area contributed by atoms with Crippen LogP contribution in [0.25, 0.3) is 17.2 Å². The summed E-state index contributed by atoms with van der Waals surface area (Å²) in [6.07, 6.45) is 5.00. The van der Waals surface area contributed by atoms with Crippen LogP contribution in [-0.2, 0) is 37.1 Å². The van der Waals surface area contributed by atoms with Crippen molar-refractivity contribution in [2.45, 2.75) is 13.1 Å². The minimum Gasteiger partial charge on any atom is -0.504 e. The van der Waals surface area contributed by atoms with E-state index in [1.807, 2.05) is 0 Å². The van der Waals surface area contributed by atoms with Crippen LogP contribution in [0.15, 0.2) is 52.5 Å². The fraction of sp³-hybridized carbons (Fsp3) is 0.267. The van der Waals surface area contributed by atoms with E-state index in [0.717, 1.165) is 20.4 Å². The number of benzene rings is 1. The van der Waals surface area contributed by atoms with Gasteiger partial charge in [-0.3, -0.25) is 38.3 Å². The van der Waals surface area contributed by atoms with Crippen molar-refractivity contribution in [3.8, 4) is 11.5 Å². The molecule has 0 atom stereocenters. The number of aromatic amines is 1. The first kappa shape index (κ1) is 37.6. The number of phenols is 2. The second-order valence-electron chi connectivity index (χ2n) is 11.1. The van der Waals surface area contributed by atoms with Crippen molar-refractivity contribution >= 4 is 58.5 Å². The summed E-state index contributed by atoms with van der Waals surface area (Å²) >= 11 is 0. The summed E-state index contributed by atoms with van der Waals surface area (Å²) in [4.78, 5) is 104. The van der Waals surface area contributed by atoms with Crippen LogP contribution >= 0.6 is 0 Å². The Bertz CT molecular complexity index is 2140. The standard InChI is InChI=1S/C30H35N13O9/c31-20-5-8-42(30(52)37-20)14-24(49)40(12-21(32)46)9-7-35-23(48)13-41(10-6-34-22(47)4-2-17-1-3-18(44)19(45)11-17)25(50)15-43-16-36-26-27(43)38-29(33)39-28(26)51/h1-5,8,11,16,44-45H,6-7,9-10,12-15H2,(H2,32,46)(H,34,47)(H,35,48)(H2,31,37,52)(H3,33,38,39,51)/b4-2+. The topological polar surface area (TPSA) is 333 Å². The number of rotatable bonds is 16. The molecule has 22 nitrogen and oxygen atoms in total. The quantitative estimate of drug-likeness (QED) is 0.0404. The third-order valence-corrected chi connectivity index (χ3v) is 7.20. The Morgan fingerprint density at radius 3 is 2.23 bits per heavy atom. The Kier molecular flexibility index (Phi) is 12.2. The Balaban J connectivity index is 1.40. The highest BCUT2D eigenvalue weighted by Gasteiger charge is 2.21. The van der Waals surface area contributed by atoms with E-state index >= 15 is 0 Å². The number of fused-ring (bicyclic) bond motifs is 1. The lowest BCUT2D eigenvalue weighted by molar-refractivity contribution is -0.137. The van der Waals surface area contributed by atoms with Gasteiger partial charge in [0.25, 0.3) is 5.56 Å². The molecule has 0 saturated heterocycles. The fourth-order valence-corrected chi connectivity index (χ4v) is 4.66. The number of amides is 5. The van der Waals surface area contributed by atoms with E-state index in [4.69, 9.17) is 17.2 Å². The number of hydrogen-bond donors (Lipinski definition) is 8. The molecule has 1 aromatic carbocycles. The van der Waals surface area contributed by atoms with Gasteiger partial charge in [-0.05, 0) is 29.8 Å². The highest BCUT2D eigenvalue weighted by atomic mass is 16.3. The summed E-state index contributed by atoms with van der Waals surface area (Å²) < 4.78 is 2.24. The molecule has 274 valence electrons. The normalized spacial score (nSPS) is 11.0. The molecular formula is C30H35N13O9. The van der Waals surface area contributed by atoms with Gasteiger partial charge in [-0.25, -0.2) is 9.78 Å². The smallest absolute Gasteiger partial charge is 0.349 e. The van der Waals surface area contributed by atoms with Gasteiger partial charge in [0.15, 0.2) is 22.7 Å². The van der Waals surface area contributed by atoms with Crippen LogP contribution in [0.1, 0.15) is 5.56 Å². The largest absolute Gasteiger partial charge is 0.504 e. The maximum atomic E-state index is 13.5. The highest BCUT2D eigenvalue weighted by Crippen LogP contribution is 2.25. The number of phenolic OH excluding ortho intramolecular Hbond substituents is 2. The maximum absolute atomic E-state index is 13.5. The number of aromatic hydroxyl groups is 2. The number of carbonyl (C=O) groups is 5. The zero-order valence-corrected chi connectivity index (χ0v) is 27.4. The summed E-state index contributed by atoms with van der Waals surface area (Å²) in [6.45, 7) is -2.58. The van der Waals surface area contributed by atoms with Crippen LogP contribution in [0.2, 0.25) is 0 Å². The summed E-state index contributed by atoms with van der Waals surface area (Å²) in [6, 6.07) is 5.28. The van der Waals surface area contributed by atoms with Gasteiger partial charge in [0.1, 0.15) is 18.9 Å². The van der Waals surface area contributed by atoms with Gasteiger partial charge in [0, 0.05) is 38.5 Å². The van der Waals surface area contributed by atoms with E-state index in [-0.39, 0.29) is 60.6 Å². The molecule has 0 spiro atoms. The van der Waals surface area contributed by atoms with E-state index in [2.05, 4.69) is 30.6 Å². The lowest BCUT2D eigenvalue weighted by Crippen LogP contribution is -2.48. The van der Waals surface area contributed by atoms with Crippen molar-refractivity contribution in [2.24, 2.45) is 5.73 Å². The number of nitrogens with two attached hydrogens (primary N) is 3.